The molecule has 2 heterocycles. The van der Waals surface area contributed by atoms with E-state index in [9.17, 15) is 22.8 Å². The average Bonchev–Trinajstić information content (AvgIpc) is 2.81. The van der Waals surface area contributed by atoms with E-state index in [1.54, 1.807) is 13.8 Å². The van der Waals surface area contributed by atoms with Crippen molar-refractivity contribution >= 4 is 17.8 Å². The average molecular weight is 396 g/mol. The lowest BCUT2D eigenvalue weighted by Gasteiger charge is -2.16. The van der Waals surface area contributed by atoms with E-state index < -0.39 is 35.0 Å². The second kappa shape index (κ2) is 6.66. The van der Waals surface area contributed by atoms with Gasteiger partial charge in [-0.3, -0.25) is 4.79 Å². The quantitative estimate of drug-likeness (QED) is 0.798. The summed E-state index contributed by atoms with van der Waals surface area (Å²) in [6, 6.07) is 3.54. The van der Waals surface area contributed by atoms with Crippen LogP contribution in [0.15, 0.2) is 30.6 Å². The molecule has 1 saturated heterocycles. The number of carbonyl (C=O) groups excluding carboxylic acids is 2. The van der Waals surface area contributed by atoms with Gasteiger partial charge in [0.25, 0.3) is 5.91 Å². The van der Waals surface area contributed by atoms with Crippen LogP contribution in [0.5, 0.6) is 17.4 Å². The highest BCUT2D eigenvalue weighted by Crippen LogP contribution is 2.38. The number of hydrogen-bond donors (Lipinski definition) is 1. The number of rotatable bonds is 4. The molecule has 0 atom stereocenters. The normalized spacial score (nSPS) is 16.1. The van der Waals surface area contributed by atoms with Crippen LogP contribution in [0.4, 0.5) is 23.8 Å². The molecule has 0 spiro atoms. The van der Waals surface area contributed by atoms with E-state index in [-0.39, 0.29) is 17.4 Å². The molecule has 0 radical (unpaired) electrons. The lowest BCUT2D eigenvalue weighted by molar-refractivity contribution is -0.138. The van der Waals surface area contributed by atoms with E-state index in [0.717, 1.165) is 36.5 Å². The van der Waals surface area contributed by atoms with Gasteiger partial charge >= 0.3 is 12.2 Å². The van der Waals surface area contributed by atoms with Gasteiger partial charge in [0.1, 0.15) is 23.4 Å². The Labute approximate surface area is 157 Å². The third-order valence-corrected chi connectivity index (χ3v) is 3.92. The minimum atomic E-state index is -4.58. The Bertz CT molecular complexity index is 946. The number of urea groups is 1. The summed E-state index contributed by atoms with van der Waals surface area (Å²) in [6.07, 6.45) is -3.51. The summed E-state index contributed by atoms with van der Waals surface area (Å²) < 4.78 is 49.0. The van der Waals surface area contributed by atoms with Gasteiger partial charge in [-0.25, -0.2) is 19.7 Å². The fourth-order valence-corrected chi connectivity index (χ4v) is 2.55. The molecule has 0 bridgehead atoms. The summed E-state index contributed by atoms with van der Waals surface area (Å²) in [7, 11) is 1.11. The highest BCUT2D eigenvalue weighted by molar-refractivity contribution is 6.22. The molecule has 0 aliphatic carbocycles. The van der Waals surface area contributed by atoms with E-state index in [1.807, 2.05) is 0 Å². The molecule has 1 aromatic carbocycles. The number of imide groups is 1. The standard InChI is InChI=1S/C17H15F3N4O4/c1-16(2)14(25)24(15(26)23-16)12-7-13(22-8-21-12)28-9-4-5-10(17(18,19)20)11(6-9)27-3/h4-8H,1-3H3,(H,23,26). The molecular formula is C17H15F3N4O4. The van der Waals surface area contributed by atoms with Crippen molar-refractivity contribution in [3.05, 3.63) is 36.2 Å². The Morgan fingerprint density at radius 3 is 2.43 bits per heavy atom. The largest absolute Gasteiger partial charge is 0.496 e. The zero-order valence-electron chi connectivity index (χ0n) is 15.0. The van der Waals surface area contributed by atoms with E-state index in [4.69, 9.17) is 9.47 Å². The van der Waals surface area contributed by atoms with Crippen molar-refractivity contribution in [2.45, 2.75) is 25.6 Å². The van der Waals surface area contributed by atoms with Crippen molar-refractivity contribution in [3.8, 4) is 17.4 Å². The molecule has 3 rings (SSSR count). The van der Waals surface area contributed by atoms with Gasteiger partial charge in [-0.1, -0.05) is 0 Å². The van der Waals surface area contributed by atoms with Crippen LogP contribution in [0.25, 0.3) is 0 Å². The van der Waals surface area contributed by atoms with Crippen LogP contribution in [0.3, 0.4) is 0 Å². The minimum absolute atomic E-state index is 0.0204. The van der Waals surface area contributed by atoms with Gasteiger partial charge in [0.2, 0.25) is 5.88 Å². The number of amides is 3. The van der Waals surface area contributed by atoms with E-state index in [1.165, 1.54) is 6.07 Å². The van der Waals surface area contributed by atoms with Crippen LogP contribution < -0.4 is 19.7 Å². The van der Waals surface area contributed by atoms with Crippen LogP contribution in [-0.2, 0) is 11.0 Å². The van der Waals surface area contributed by atoms with Crippen LogP contribution in [0.2, 0.25) is 0 Å². The first-order valence-electron chi connectivity index (χ1n) is 7.95. The number of ether oxygens (including phenoxy) is 2. The van der Waals surface area contributed by atoms with Crippen molar-refractivity contribution in [2.75, 3.05) is 12.0 Å². The highest BCUT2D eigenvalue weighted by Gasteiger charge is 2.45. The maximum Gasteiger partial charge on any atom is 0.419 e. The molecule has 148 valence electrons. The molecular weight excluding hydrogens is 381 g/mol. The van der Waals surface area contributed by atoms with Crippen molar-refractivity contribution in [1.29, 1.82) is 0 Å². The number of halogens is 3. The lowest BCUT2D eigenvalue weighted by Crippen LogP contribution is -2.40. The summed E-state index contributed by atoms with van der Waals surface area (Å²) in [5, 5.41) is 2.51. The fraction of sp³-hybridized carbons (Fsp3) is 0.294. The first-order valence-corrected chi connectivity index (χ1v) is 7.95. The molecule has 1 N–H and O–H groups in total. The van der Waals surface area contributed by atoms with Crippen LogP contribution in [0, 0.1) is 0 Å². The molecule has 8 nitrogen and oxygen atoms in total. The van der Waals surface area contributed by atoms with Crippen molar-refractivity contribution in [2.24, 2.45) is 0 Å². The summed E-state index contributed by atoms with van der Waals surface area (Å²) in [6.45, 7) is 3.08. The maximum atomic E-state index is 12.9. The minimum Gasteiger partial charge on any atom is -0.496 e. The zero-order chi connectivity index (χ0) is 20.7. The molecule has 3 amide bonds. The number of anilines is 1. The van der Waals surface area contributed by atoms with Gasteiger partial charge in [0, 0.05) is 12.1 Å². The summed E-state index contributed by atoms with van der Waals surface area (Å²) in [5.41, 5.74) is -2.04. The van der Waals surface area contributed by atoms with E-state index in [0.29, 0.717) is 0 Å². The number of nitrogens with zero attached hydrogens (tertiary/aromatic N) is 3. The molecule has 28 heavy (non-hydrogen) atoms. The van der Waals surface area contributed by atoms with Crippen LogP contribution in [0.1, 0.15) is 19.4 Å². The SMILES string of the molecule is COc1cc(Oc2cc(N3C(=O)NC(C)(C)C3=O)ncn2)ccc1C(F)(F)F. The molecule has 2 aromatic rings. The Kier molecular flexibility index (Phi) is 4.61. The topological polar surface area (TPSA) is 93.7 Å². The molecule has 0 unspecified atom stereocenters. The summed E-state index contributed by atoms with van der Waals surface area (Å²) >= 11 is 0. The van der Waals surface area contributed by atoms with Gasteiger partial charge in [-0.2, -0.15) is 13.2 Å². The van der Waals surface area contributed by atoms with Crippen molar-refractivity contribution in [1.82, 2.24) is 15.3 Å². The zero-order valence-corrected chi connectivity index (χ0v) is 15.0. The monoisotopic (exact) mass is 396 g/mol. The van der Waals surface area contributed by atoms with Gasteiger partial charge in [0.05, 0.1) is 12.7 Å². The third kappa shape index (κ3) is 3.55. The number of aromatic nitrogens is 2. The number of carbonyl (C=O) groups is 2. The second-order valence-electron chi connectivity index (χ2n) is 6.37. The smallest absolute Gasteiger partial charge is 0.419 e. The van der Waals surface area contributed by atoms with E-state index in [2.05, 4.69) is 15.3 Å². The highest BCUT2D eigenvalue weighted by atomic mass is 19.4. The number of methoxy groups -OCH3 is 1. The predicted molar refractivity (Wildman–Crippen MR) is 90.2 cm³/mol. The van der Waals surface area contributed by atoms with Gasteiger partial charge in [0.15, 0.2) is 5.82 Å². The molecule has 1 aliphatic rings. The van der Waals surface area contributed by atoms with Crippen molar-refractivity contribution < 1.29 is 32.2 Å². The Morgan fingerprint density at radius 2 is 1.86 bits per heavy atom. The van der Waals surface area contributed by atoms with Crippen molar-refractivity contribution in [3.63, 3.8) is 0 Å². The number of hydrogen-bond acceptors (Lipinski definition) is 6. The lowest BCUT2D eigenvalue weighted by atomic mass is 10.1. The second-order valence-corrected chi connectivity index (χ2v) is 6.37. The third-order valence-electron chi connectivity index (χ3n) is 3.92. The van der Waals surface area contributed by atoms with Gasteiger partial charge in [-0.15, -0.1) is 0 Å². The first-order chi connectivity index (χ1) is 13.0. The fourth-order valence-electron chi connectivity index (χ4n) is 2.55. The number of nitrogens with one attached hydrogen (secondary N) is 1. The van der Waals surface area contributed by atoms with Gasteiger partial charge in [-0.05, 0) is 26.0 Å². The van der Waals surface area contributed by atoms with Gasteiger partial charge < -0.3 is 14.8 Å². The van der Waals surface area contributed by atoms with Crippen LogP contribution >= 0.6 is 0 Å². The predicted octanol–water partition coefficient (Wildman–Crippen LogP) is 3.13. The molecule has 1 aromatic heterocycles. The number of alkyl halides is 3. The summed E-state index contributed by atoms with van der Waals surface area (Å²) in [4.78, 5) is 33.0. The Morgan fingerprint density at radius 1 is 1.14 bits per heavy atom. The first kappa shape index (κ1) is 19.4. The molecule has 11 heteroatoms. The maximum absolute atomic E-state index is 12.9. The molecule has 1 fully saturated rings. The Balaban J connectivity index is 1.88. The van der Waals surface area contributed by atoms with E-state index >= 15 is 0 Å². The van der Waals surface area contributed by atoms with Crippen LogP contribution in [-0.4, -0.2) is 34.6 Å². The molecule has 0 saturated carbocycles. The number of benzene rings is 1. The Hall–Kier alpha value is -3.37. The summed E-state index contributed by atoms with van der Waals surface area (Å²) in [5.74, 6) is -1.02. The molecule has 1 aliphatic heterocycles.